The van der Waals surface area contributed by atoms with Gasteiger partial charge in [-0.05, 0) is 11.6 Å². The first-order valence-corrected chi connectivity index (χ1v) is 4.95. The zero-order valence-corrected chi connectivity index (χ0v) is 9.21. The third-order valence-corrected chi connectivity index (χ3v) is 2.67. The molecule has 0 aromatic heterocycles. The van der Waals surface area contributed by atoms with E-state index in [4.69, 9.17) is 16.7 Å². The predicted octanol–water partition coefficient (Wildman–Crippen LogP) is 0.755. The number of hydrogen-bond acceptors (Lipinski definition) is 4. The molecule has 6 heteroatoms. The van der Waals surface area contributed by atoms with Crippen molar-refractivity contribution in [2.45, 2.75) is 6.42 Å². The predicted molar refractivity (Wildman–Crippen MR) is 57.2 cm³/mol. The number of hydrazine groups is 1. The molecule has 0 fully saturated rings. The van der Waals surface area contributed by atoms with Gasteiger partial charge in [0.2, 0.25) is 0 Å². The van der Waals surface area contributed by atoms with Crippen molar-refractivity contribution in [2.24, 2.45) is 0 Å². The molecular formula is C10H9ClN2O3. The molecule has 1 aliphatic heterocycles. The first-order valence-electron chi connectivity index (χ1n) is 4.57. The largest absolute Gasteiger partial charge is 0.478 e. The van der Waals surface area contributed by atoms with Gasteiger partial charge in [-0.1, -0.05) is 11.6 Å². The van der Waals surface area contributed by atoms with E-state index >= 15 is 0 Å². The van der Waals surface area contributed by atoms with Crippen LogP contribution in [0.25, 0.3) is 0 Å². The van der Waals surface area contributed by atoms with Gasteiger partial charge < -0.3 is 5.11 Å². The van der Waals surface area contributed by atoms with Crippen LogP contribution >= 0.6 is 11.6 Å². The highest BCUT2D eigenvalue weighted by Gasteiger charge is 2.28. The molecule has 2 N–H and O–H groups in total. The van der Waals surface area contributed by atoms with Crippen molar-refractivity contribution >= 4 is 23.4 Å². The molecule has 16 heavy (non-hydrogen) atoms. The molecule has 0 amide bonds. The fourth-order valence-electron chi connectivity index (χ4n) is 1.66. The Hall–Kier alpha value is -1.75. The molecule has 1 aliphatic carbocycles. The SMILES string of the molecule is CN1C=C2CC(=O)C(C(=O)O)=CC2=C(Cl)N1. The molecule has 0 spiro atoms. The standard InChI is InChI=1S/C10H9ClN2O3/c1-13-4-5-2-8(14)7(10(15)16)3-6(5)9(11)12-13/h3-4,12H,2H2,1H3,(H,15,16). The van der Waals surface area contributed by atoms with Gasteiger partial charge in [-0.25, -0.2) is 4.79 Å². The van der Waals surface area contributed by atoms with Gasteiger partial charge in [-0.15, -0.1) is 0 Å². The number of ketones is 1. The number of fused-ring (bicyclic) bond motifs is 1. The highest BCUT2D eigenvalue weighted by atomic mass is 35.5. The minimum atomic E-state index is -1.22. The topological polar surface area (TPSA) is 69.6 Å². The number of carboxylic acid groups (broad SMARTS) is 1. The highest BCUT2D eigenvalue weighted by molar-refractivity contribution is 6.30. The fourth-order valence-corrected chi connectivity index (χ4v) is 1.97. The van der Waals surface area contributed by atoms with Gasteiger partial charge in [0.1, 0.15) is 10.7 Å². The highest BCUT2D eigenvalue weighted by Crippen LogP contribution is 2.31. The Morgan fingerprint density at radius 1 is 1.62 bits per heavy atom. The molecule has 0 saturated heterocycles. The number of carbonyl (C=O) groups is 2. The first kappa shape index (κ1) is 10.8. The zero-order chi connectivity index (χ0) is 11.9. The zero-order valence-electron chi connectivity index (χ0n) is 8.45. The van der Waals surface area contributed by atoms with Crippen LogP contribution in [0, 0.1) is 0 Å². The summed E-state index contributed by atoms with van der Waals surface area (Å²) in [6.45, 7) is 0. The average molecular weight is 241 g/mol. The van der Waals surface area contributed by atoms with Crippen LogP contribution in [0.2, 0.25) is 0 Å². The fraction of sp³-hybridized carbons (Fsp3) is 0.200. The summed E-state index contributed by atoms with van der Waals surface area (Å²) in [5.74, 6) is -1.62. The Morgan fingerprint density at radius 2 is 2.31 bits per heavy atom. The molecule has 0 saturated carbocycles. The number of Topliss-reactive ketones (excluding diaryl/α,β-unsaturated/α-hetero) is 1. The van der Waals surface area contributed by atoms with Crippen LogP contribution < -0.4 is 5.43 Å². The molecule has 1 heterocycles. The number of nitrogens with zero attached hydrogens (tertiary/aromatic N) is 1. The molecule has 84 valence electrons. The Labute approximate surface area is 96.6 Å². The number of hydrogen-bond donors (Lipinski definition) is 2. The number of rotatable bonds is 1. The van der Waals surface area contributed by atoms with Gasteiger partial charge in [0.05, 0.1) is 0 Å². The summed E-state index contributed by atoms with van der Waals surface area (Å²) in [5.41, 5.74) is 3.87. The maximum atomic E-state index is 11.5. The van der Waals surface area contributed by atoms with Gasteiger partial charge in [0, 0.05) is 25.2 Å². The molecule has 0 radical (unpaired) electrons. The van der Waals surface area contributed by atoms with Crippen LogP contribution in [0.15, 0.2) is 34.2 Å². The van der Waals surface area contributed by atoms with Crippen molar-refractivity contribution < 1.29 is 14.7 Å². The summed E-state index contributed by atoms with van der Waals surface area (Å²) in [6, 6.07) is 0. The molecule has 2 aliphatic rings. The van der Waals surface area contributed by atoms with Crippen molar-refractivity contribution in [3.05, 3.63) is 34.2 Å². The lowest BCUT2D eigenvalue weighted by atomic mass is 9.90. The second kappa shape index (κ2) is 3.68. The van der Waals surface area contributed by atoms with E-state index in [1.807, 2.05) is 0 Å². The van der Waals surface area contributed by atoms with E-state index in [2.05, 4.69) is 5.43 Å². The number of allylic oxidation sites excluding steroid dienone is 3. The second-order valence-electron chi connectivity index (χ2n) is 3.57. The molecule has 5 nitrogen and oxygen atoms in total. The lowest BCUT2D eigenvalue weighted by Crippen LogP contribution is -2.33. The van der Waals surface area contributed by atoms with E-state index in [1.54, 1.807) is 18.3 Å². The van der Waals surface area contributed by atoms with Crippen molar-refractivity contribution in [2.75, 3.05) is 7.05 Å². The van der Waals surface area contributed by atoms with Crippen LogP contribution in [0.4, 0.5) is 0 Å². The number of carbonyl (C=O) groups excluding carboxylic acids is 1. The second-order valence-corrected chi connectivity index (χ2v) is 3.95. The van der Waals surface area contributed by atoms with Gasteiger partial charge in [0.25, 0.3) is 0 Å². The first-order chi connectivity index (χ1) is 7.49. The van der Waals surface area contributed by atoms with Crippen molar-refractivity contribution in [3.8, 4) is 0 Å². The van der Waals surface area contributed by atoms with E-state index in [-0.39, 0.29) is 12.0 Å². The summed E-state index contributed by atoms with van der Waals surface area (Å²) >= 11 is 5.94. The third kappa shape index (κ3) is 1.69. The van der Waals surface area contributed by atoms with Crippen molar-refractivity contribution in [1.29, 1.82) is 0 Å². The number of halogens is 1. The van der Waals surface area contributed by atoms with Gasteiger partial charge >= 0.3 is 5.97 Å². The number of aliphatic carboxylic acids is 1. The summed E-state index contributed by atoms with van der Waals surface area (Å²) in [4.78, 5) is 22.3. The molecule has 2 rings (SSSR count). The van der Waals surface area contributed by atoms with Gasteiger partial charge in [0.15, 0.2) is 5.78 Å². The normalized spacial score (nSPS) is 19.9. The van der Waals surface area contributed by atoms with Crippen LogP contribution in [0.1, 0.15) is 6.42 Å². The minimum absolute atomic E-state index is 0.0652. The summed E-state index contributed by atoms with van der Waals surface area (Å²) in [6.07, 6.45) is 3.09. The maximum absolute atomic E-state index is 11.5. The smallest absolute Gasteiger partial charge is 0.339 e. The summed E-state index contributed by atoms with van der Waals surface area (Å²) < 4.78 is 0. The quantitative estimate of drug-likeness (QED) is 0.523. The molecule has 0 aromatic rings. The molecule has 0 bridgehead atoms. The van der Waals surface area contributed by atoms with Gasteiger partial charge in [-0.2, -0.15) is 0 Å². The Kier molecular flexibility index (Phi) is 2.47. The van der Waals surface area contributed by atoms with E-state index < -0.39 is 11.8 Å². The minimum Gasteiger partial charge on any atom is -0.478 e. The molecule has 0 unspecified atom stereocenters. The monoisotopic (exact) mass is 240 g/mol. The molecular weight excluding hydrogens is 232 g/mol. The van der Waals surface area contributed by atoms with Crippen molar-refractivity contribution in [3.63, 3.8) is 0 Å². The molecule has 0 aromatic carbocycles. The third-order valence-electron chi connectivity index (χ3n) is 2.38. The molecule has 0 atom stereocenters. The van der Waals surface area contributed by atoms with E-state index in [1.165, 1.54) is 6.08 Å². The maximum Gasteiger partial charge on any atom is 0.339 e. The van der Waals surface area contributed by atoms with Crippen LogP contribution in [-0.2, 0) is 9.59 Å². The van der Waals surface area contributed by atoms with Crippen molar-refractivity contribution in [1.82, 2.24) is 10.4 Å². The van der Waals surface area contributed by atoms with Crippen LogP contribution in [0.5, 0.6) is 0 Å². The number of carboxylic acids is 1. The Bertz CT molecular complexity index is 476. The van der Waals surface area contributed by atoms with Crippen LogP contribution in [0.3, 0.4) is 0 Å². The average Bonchev–Trinajstić information content (AvgIpc) is 2.15. The Morgan fingerprint density at radius 3 is 2.94 bits per heavy atom. The Balaban J connectivity index is 2.51. The lowest BCUT2D eigenvalue weighted by molar-refractivity contribution is -0.134. The number of nitrogens with one attached hydrogen (secondary N) is 1. The summed E-state index contributed by atoms with van der Waals surface area (Å²) in [7, 11) is 1.74. The van der Waals surface area contributed by atoms with E-state index in [0.29, 0.717) is 10.7 Å². The lowest BCUT2D eigenvalue weighted by Gasteiger charge is -2.27. The van der Waals surface area contributed by atoms with E-state index in [9.17, 15) is 9.59 Å². The van der Waals surface area contributed by atoms with Gasteiger partial charge in [-0.3, -0.25) is 15.2 Å². The van der Waals surface area contributed by atoms with Crippen LogP contribution in [-0.4, -0.2) is 28.9 Å². The van der Waals surface area contributed by atoms with E-state index in [0.717, 1.165) is 5.57 Å². The summed E-state index contributed by atoms with van der Waals surface area (Å²) in [5, 5.41) is 10.8.